The molecule has 2 bridgehead atoms. The maximum absolute atomic E-state index is 12.6. The molecule has 4 nitrogen and oxygen atoms in total. The van der Waals surface area contributed by atoms with Crippen LogP contribution in [0, 0.1) is 12.8 Å². The lowest BCUT2D eigenvalue weighted by Gasteiger charge is -2.49. The summed E-state index contributed by atoms with van der Waals surface area (Å²) in [5.74, 6) is 0.516. The number of benzene rings is 1. The van der Waals surface area contributed by atoms with Crippen molar-refractivity contribution in [3.63, 3.8) is 0 Å². The lowest BCUT2D eigenvalue weighted by molar-refractivity contribution is -0.0881. The number of carbonyl (C=O) groups is 1. The largest absolute Gasteiger partial charge is 0.439 e. The summed E-state index contributed by atoms with van der Waals surface area (Å²) in [6, 6.07) is 12.7. The van der Waals surface area contributed by atoms with E-state index in [2.05, 4.69) is 48.2 Å². The van der Waals surface area contributed by atoms with E-state index in [-0.39, 0.29) is 11.7 Å². The molecule has 4 saturated heterocycles. The Labute approximate surface area is 152 Å². The van der Waals surface area contributed by atoms with Gasteiger partial charge >= 0.3 is 6.09 Å². The van der Waals surface area contributed by atoms with Crippen LogP contribution in [0.2, 0.25) is 0 Å². The molecule has 0 aliphatic carbocycles. The van der Waals surface area contributed by atoms with Crippen LogP contribution in [0.5, 0.6) is 0 Å². The van der Waals surface area contributed by atoms with Crippen LogP contribution in [0.4, 0.5) is 9.80 Å². The molecule has 5 heteroatoms. The van der Waals surface area contributed by atoms with Gasteiger partial charge in [-0.25, -0.2) is 4.79 Å². The number of anilines is 1. The van der Waals surface area contributed by atoms with E-state index in [0.717, 1.165) is 37.5 Å². The molecule has 1 aromatic carbocycles. The van der Waals surface area contributed by atoms with Gasteiger partial charge in [0.05, 0.1) is 6.54 Å². The van der Waals surface area contributed by atoms with E-state index in [4.69, 9.17) is 4.74 Å². The van der Waals surface area contributed by atoms with E-state index in [0.29, 0.717) is 12.5 Å². The number of hydrogen-bond acceptors (Lipinski definition) is 4. The summed E-state index contributed by atoms with van der Waals surface area (Å²) in [4.78, 5) is 18.1. The highest BCUT2D eigenvalue weighted by atomic mass is 32.1. The van der Waals surface area contributed by atoms with Crippen LogP contribution in [0.1, 0.15) is 18.4 Å². The van der Waals surface area contributed by atoms with Crippen molar-refractivity contribution in [3.05, 3.63) is 42.0 Å². The fourth-order valence-electron chi connectivity index (χ4n) is 4.61. The second-order valence-electron chi connectivity index (χ2n) is 7.58. The Balaban J connectivity index is 1.42. The van der Waals surface area contributed by atoms with E-state index in [1.165, 1.54) is 16.0 Å². The first-order valence-electron chi connectivity index (χ1n) is 9.03. The number of ether oxygens (including phenoxy) is 1. The second kappa shape index (κ2) is 5.58. The van der Waals surface area contributed by atoms with Crippen LogP contribution in [-0.4, -0.2) is 42.8 Å². The van der Waals surface area contributed by atoms with Gasteiger partial charge in [0.2, 0.25) is 0 Å². The minimum Gasteiger partial charge on any atom is -0.439 e. The lowest BCUT2D eigenvalue weighted by atomic mass is 9.75. The van der Waals surface area contributed by atoms with E-state index < -0.39 is 0 Å². The molecule has 0 N–H and O–H groups in total. The number of fused-ring (bicyclic) bond motifs is 2. The zero-order chi connectivity index (χ0) is 17.0. The van der Waals surface area contributed by atoms with Crippen LogP contribution >= 0.6 is 11.3 Å². The van der Waals surface area contributed by atoms with Crippen molar-refractivity contribution in [2.75, 3.05) is 31.1 Å². The molecule has 4 aliphatic rings. The maximum atomic E-state index is 12.6. The summed E-state index contributed by atoms with van der Waals surface area (Å²) in [5, 5.41) is 0.995. The molecule has 130 valence electrons. The van der Waals surface area contributed by atoms with Crippen LogP contribution in [0.25, 0.3) is 10.4 Å². The van der Waals surface area contributed by atoms with Gasteiger partial charge < -0.3 is 4.74 Å². The molecule has 5 heterocycles. The van der Waals surface area contributed by atoms with E-state index in [1.807, 2.05) is 4.90 Å². The summed E-state index contributed by atoms with van der Waals surface area (Å²) < 4.78 is 5.98. The third-order valence-corrected chi connectivity index (χ3v) is 7.08. The first kappa shape index (κ1) is 15.4. The molecular formula is C20H22N2O2S. The van der Waals surface area contributed by atoms with Crippen molar-refractivity contribution in [1.29, 1.82) is 0 Å². The molecule has 1 atom stereocenters. The quantitative estimate of drug-likeness (QED) is 0.812. The third-order valence-electron chi connectivity index (χ3n) is 5.92. The average Bonchev–Trinajstić information content (AvgIpc) is 3.21. The van der Waals surface area contributed by atoms with E-state index in [1.54, 1.807) is 11.3 Å². The number of aryl methyl sites for hydroxylation is 1. The topological polar surface area (TPSA) is 32.8 Å². The molecule has 4 aliphatic heterocycles. The van der Waals surface area contributed by atoms with Crippen LogP contribution in [0.3, 0.4) is 0 Å². The van der Waals surface area contributed by atoms with Crippen LogP contribution < -0.4 is 4.90 Å². The average molecular weight is 354 g/mol. The van der Waals surface area contributed by atoms with Crippen molar-refractivity contribution in [1.82, 2.24) is 4.90 Å². The number of nitrogens with zero attached hydrogens (tertiary/aromatic N) is 2. The Morgan fingerprint density at radius 1 is 1.16 bits per heavy atom. The van der Waals surface area contributed by atoms with Crippen molar-refractivity contribution >= 4 is 22.4 Å². The molecule has 0 unspecified atom stereocenters. The predicted octanol–water partition coefficient (Wildman–Crippen LogP) is 4.14. The normalized spacial score (nSPS) is 30.9. The van der Waals surface area contributed by atoms with Crippen molar-refractivity contribution in [3.8, 4) is 10.4 Å². The number of rotatable bonds is 2. The molecule has 6 rings (SSSR count). The highest BCUT2D eigenvalue weighted by Crippen LogP contribution is 2.45. The molecule has 2 aromatic rings. The number of amides is 1. The molecule has 4 fully saturated rings. The highest BCUT2D eigenvalue weighted by molar-refractivity contribution is 7.19. The Morgan fingerprint density at radius 3 is 2.72 bits per heavy atom. The smallest absolute Gasteiger partial charge is 0.415 e. The first-order valence-corrected chi connectivity index (χ1v) is 9.84. The Bertz CT molecular complexity index is 825. The predicted molar refractivity (Wildman–Crippen MR) is 100 cm³/mol. The standard InChI is InChI=1S/C20H22N2O2S/c1-14-3-2-4-15(11-14)17-5-6-18(25-17)22-13-20(24-19(22)23)12-21-9-7-16(20)8-10-21/h2-6,11,16H,7-10,12-13H2,1H3/t20-/m1/s1. The minimum atomic E-state index is -0.291. The fourth-order valence-corrected chi connectivity index (χ4v) is 5.60. The van der Waals surface area contributed by atoms with Crippen LogP contribution in [0.15, 0.2) is 36.4 Å². The van der Waals surface area contributed by atoms with Crippen molar-refractivity contribution < 1.29 is 9.53 Å². The molecule has 0 radical (unpaired) electrons. The second-order valence-corrected chi connectivity index (χ2v) is 8.64. The van der Waals surface area contributed by atoms with E-state index in [9.17, 15) is 4.79 Å². The molecule has 0 saturated carbocycles. The van der Waals surface area contributed by atoms with Gasteiger partial charge in [-0.1, -0.05) is 29.8 Å². The zero-order valence-corrected chi connectivity index (χ0v) is 15.2. The number of piperidine rings is 3. The van der Waals surface area contributed by atoms with Gasteiger partial charge in [-0.2, -0.15) is 0 Å². The Morgan fingerprint density at radius 2 is 2.00 bits per heavy atom. The summed E-state index contributed by atoms with van der Waals surface area (Å²) in [5.41, 5.74) is 2.17. The first-order chi connectivity index (χ1) is 12.1. The van der Waals surface area contributed by atoms with Crippen LogP contribution in [-0.2, 0) is 4.74 Å². The van der Waals surface area contributed by atoms with Gasteiger partial charge in [0.25, 0.3) is 0 Å². The van der Waals surface area contributed by atoms with Crippen molar-refractivity contribution in [2.24, 2.45) is 5.92 Å². The number of carbonyl (C=O) groups excluding carboxylic acids is 1. The molecule has 1 aromatic heterocycles. The Hall–Kier alpha value is -1.85. The fraction of sp³-hybridized carbons (Fsp3) is 0.450. The van der Waals surface area contributed by atoms with Crippen molar-refractivity contribution in [2.45, 2.75) is 25.4 Å². The van der Waals surface area contributed by atoms with Gasteiger partial charge in [-0.3, -0.25) is 9.80 Å². The lowest BCUT2D eigenvalue weighted by Crippen LogP contribution is -2.61. The Kier molecular flexibility index (Phi) is 3.44. The molecule has 25 heavy (non-hydrogen) atoms. The monoisotopic (exact) mass is 354 g/mol. The molecule has 1 spiro atoms. The third kappa shape index (κ3) is 2.49. The minimum absolute atomic E-state index is 0.175. The SMILES string of the molecule is Cc1cccc(-c2ccc(N3C[C@@]4(CN5CCC4CC5)OC3=O)s2)c1. The van der Waals surface area contributed by atoms with E-state index >= 15 is 0 Å². The summed E-state index contributed by atoms with van der Waals surface area (Å²) in [6.07, 6.45) is 2.13. The zero-order valence-electron chi connectivity index (χ0n) is 14.4. The molecular weight excluding hydrogens is 332 g/mol. The summed E-state index contributed by atoms with van der Waals surface area (Å²) >= 11 is 1.67. The van der Waals surface area contributed by atoms with Gasteiger partial charge in [-0.05, 0) is 50.6 Å². The van der Waals surface area contributed by atoms with Gasteiger partial charge in [-0.15, -0.1) is 11.3 Å². The number of hydrogen-bond donors (Lipinski definition) is 0. The molecule has 1 amide bonds. The van der Waals surface area contributed by atoms with Gasteiger partial charge in [0.1, 0.15) is 10.6 Å². The van der Waals surface area contributed by atoms with Gasteiger partial charge in [0.15, 0.2) is 0 Å². The summed E-state index contributed by atoms with van der Waals surface area (Å²) in [7, 11) is 0. The van der Waals surface area contributed by atoms with Gasteiger partial charge in [0, 0.05) is 17.3 Å². The number of thiophene rings is 1. The highest BCUT2D eigenvalue weighted by Gasteiger charge is 2.55. The maximum Gasteiger partial charge on any atom is 0.415 e. The summed E-state index contributed by atoms with van der Waals surface area (Å²) in [6.45, 7) is 6.00.